The van der Waals surface area contributed by atoms with Gasteiger partial charge in [-0.05, 0) is 12.5 Å². The molecule has 2 N–H and O–H groups in total. The van der Waals surface area contributed by atoms with Crippen LogP contribution in [0.2, 0.25) is 0 Å². The van der Waals surface area contributed by atoms with E-state index in [1.165, 1.54) is 6.26 Å². The molecular formula is C11H19N3O2S. The zero-order valence-electron chi connectivity index (χ0n) is 10.2. The van der Waals surface area contributed by atoms with Crippen LogP contribution in [0.5, 0.6) is 0 Å². The van der Waals surface area contributed by atoms with Crippen molar-refractivity contribution in [1.29, 1.82) is 0 Å². The van der Waals surface area contributed by atoms with Gasteiger partial charge in [-0.3, -0.25) is 4.98 Å². The molecule has 0 amide bonds. The first-order chi connectivity index (χ1) is 8.01. The van der Waals surface area contributed by atoms with Crippen LogP contribution in [0.1, 0.15) is 13.3 Å². The second-order valence-corrected chi connectivity index (χ2v) is 6.21. The number of nitrogens with zero attached hydrogens (tertiary/aromatic N) is 1. The van der Waals surface area contributed by atoms with Crippen molar-refractivity contribution < 1.29 is 8.42 Å². The fourth-order valence-corrected chi connectivity index (χ4v) is 1.76. The number of aromatic nitrogens is 1. The van der Waals surface area contributed by atoms with Gasteiger partial charge in [-0.1, -0.05) is 6.92 Å². The lowest BCUT2D eigenvalue weighted by Gasteiger charge is -2.08. The summed E-state index contributed by atoms with van der Waals surface area (Å²) in [5, 5.41) is 6.26. The van der Waals surface area contributed by atoms with Crippen molar-refractivity contribution in [2.75, 3.05) is 35.7 Å². The Hall–Kier alpha value is -1.30. The van der Waals surface area contributed by atoms with E-state index in [9.17, 15) is 8.42 Å². The Morgan fingerprint density at radius 3 is 2.29 bits per heavy atom. The summed E-state index contributed by atoms with van der Waals surface area (Å²) >= 11 is 0. The van der Waals surface area contributed by atoms with Crippen LogP contribution in [-0.4, -0.2) is 38.5 Å². The lowest BCUT2D eigenvalue weighted by Crippen LogP contribution is -2.14. The Morgan fingerprint density at radius 1 is 1.18 bits per heavy atom. The van der Waals surface area contributed by atoms with Crippen LogP contribution in [-0.2, 0) is 9.84 Å². The molecule has 0 aliphatic rings. The van der Waals surface area contributed by atoms with Gasteiger partial charge in [-0.25, -0.2) is 8.42 Å². The molecule has 0 fully saturated rings. The summed E-state index contributed by atoms with van der Waals surface area (Å²) in [5.74, 6) is 0.125. The number of sulfone groups is 1. The van der Waals surface area contributed by atoms with Gasteiger partial charge in [0.1, 0.15) is 9.84 Å². The molecule has 1 rings (SSSR count). The molecule has 0 aromatic carbocycles. The third-order valence-electron chi connectivity index (χ3n) is 2.12. The van der Waals surface area contributed by atoms with Crippen LogP contribution in [0, 0.1) is 0 Å². The van der Waals surface area contributed by atoms with E-state index >= 15 is 0 Å². The Bertz CT molecular complexity index is 446. The van der Waals surface area contributed by atoms with Crippen molar-refractivity contribution in [3.63, 3.8) is 0 Å². The second-order valence-electron chi connectivity index (χ2n) is 3.95. The van der Waals surface area contributed by atoms with Gasteiger partial charge in [0, 0.05) is 19.3 Å². The predicted molar refractivity (Wildman–Crippen MR) is 71.2 cm³/mol. The molecule has 0 unspecified atom stereocenters. The van der Waals surface area contributed by atoms with Crippen LogP contribution in [0.3, 0.4) is 0 Å². The second kappa shape index (κ2) is 6.44. The molecule has 1 aromatic rings. The topological polar surface area (TPSA) is 71.1 Å². The molecular weight excluding hydrogens is 238 g/mol. The quantitative estimate of drug-likeness (QED) is 0.771. The summed E-state index contributed by atoms with van der Waals surface area (Å²) in [6.07, 6.45) is 5.70. The van der Waals surface area contributed by atoms with Crippen LogP contribution >= 0.6 is 0 Å². The number of hydrogen-bond acceptors (Lipinski definition) is 5. The van der Waals surface area contributed by atoms with Crippen LogP contribution < -0.4 is 10.6 Å². The minimum atomic E-state index is -2.92. The molecule has 0 spiro atoms. The highest BCUT2D eigenvalue weighted by atomic mass is 32.2. The first-order valence-electron chi connectivity index (χ1n) is 5.62. The Kier molecular flexibility index (Phi) is 5.21. The van der Waals surface area contributed by atoms with Crippen LogP contribution in [0.4, 0.5) is 11.4 Å². The van der Waals surface area contributed by atoms with E-state index in [1.54, 1.807) is 12.4 Å². The van der Waals surface area contributed by atoms with E-state index in [0.717, 1.165) is 24.3 Å². The maximum Gasteiger partial charge on any atom is 0.149 e. The average molecular weight is 257 g/mol. The molecule has 5 nitrogen and oxygen atoms in total. The summed E-state index contributed by atoms with van der Waals surface area (Å²) in [6.45, 7) is 3.39. The van der Waals surface area contributed by atoms with Crippen LogP contribution in [0.15, 0.2) is 18.5 Å². The first-order valence-corrected chi connectivity index (χ1v) is 7.68. The van der Waals surface area contributed by atoms with Gasteiger partial charge in [0.2, 0.25) is 0 Å². The standard InChI is InChI=1S/C11H19N3O2S/c1-3-4-13-10-7-11(9-12-8-10)14-5-6-17(2,15)16/h7-9,13-14H,3-6H2,1-2H3. The highest BCUT2D eigenvalue weighted by molar-refractivity contribution is 7.90. The van der Waals surface area contributed by atoms with E-state index < -0.39 is 9.84 Å². The molecule has 0 aliphatic heterocycles. The van der Waals surface area contributed by atoms with Crippen molar-refractivity contribution in [2.24, 2.45) is 0 Å². The van der Waals surface area contributed by atoms with Gasteiger partial charge in [0.05, 0.1) is 29.5 Å². The number of anilines is 2. The molecule has 1 aromatic heterocycles. The fraction of sp³-hybridized carbons (Fsp3) is 0.545. The van der Waals surface area contributed by atoms with Gasteiger partial charge in [-0.2, -0.15) is 0 Å². The van der Waals surface area contributed by atoms with Crippen LogP contribution in [0.25, 0.3) is 0 Å². The molecule has 0 bridgehead atoms. The Balaban J connectivity index is 2.48. The molecule has 6 heteroatoms. The van der Waals surface area contributed by atoms with Gasteiger partial charge < -0.3 is 10.6 Å². The van der Waals surface area contributed by atoms with Gasteiger partial charge in [0.15, 0.2) is 0 Å². The number of pyridine rings is 1. The lowest BCUT2D eigenvalue weighted by atomic mass is 10.3. The lowest BCUT2D eigenvalue weighted by molar-refractivity contribution is 0.602. The molecule has 96 valence electrons. The van der Waals surface area contributed by atoms with E-state index in [0.29, 0.717) is 6.54 Å². The summed E-state index contributed by atoms with van der Waals surface area (Å²) in [5.41, 5.74) is 1.77. The van der Waals surface area contributed by atoms with Crippen molar-refractivity contribution in [2.45, 2.75) is 13.3 Å². The normalized spacial score (nSPS) is 11.2. The predicted octanol–water partition coefficient (Wildman–Crippen LogP) is 1.36. The number of rotatable bonds is 7. The monoisotopic (exact) mass is 257 g/mol. The third kappa shape index (κ3) is 6.11. The molecule has 0 aliphatic carbocycles. The zero-order chi connectivity index (χ0) is 12.7. The highest BCUT2D eigenvalue weighted by Crippen LogP contribution is 2.12. The summed E-state index contributed by atoms with van der Waals surface area (Å²) < 4.78 is 21.9. The minimum absolute atomic E-state index is 0.125. The van der Waals surface area contributed by atoms with Crippen molar-refractivity contribution in [3.05, 3.63) is 18.5 Å². The SMILES string of the molecule is CCCNc1cncc(NCCS(C)(=O)=O)c1. The maximum absolute atomic E-state index is 11.0. The van der Waals surface area contributed by atoms with Crippen molar-refractivity contribution >= 4 is 21.2 Å². The van der Waals surface area contributed by atoms with E-state index in [2.05, 4.69) is 22.5 Å². The molecule has 1 heterocycles. The number of hydrogen-bond donors (Lipinski definition) is 2. The molecule has 0 saturated carbocycles. The van der Waals surface area contributed by atoms with Gasteiger partial charge >= 0.3 is 0 Å². The number of nitrogens with one attached hydrogen (secondary N) is 2. The first kappa shape index (κ1) is 13.8. The van der Waals surface area contributed by atoms with E-state index in [4.69, 9.17) is 0 Å². The summed E-state index contributed by atoms with van der Waals surface area (Å²) in [6, 6.07) is 1.92. The smallest absolute Gasteiger partial charge is 0.149 e. The molecule has 0 radical (unpaired) electrons. The van der Waals surface area contributed by atoms with Gasteiger partial charge in [0.25, 0.3) is 0 Å². The summed E-state index contributed by atoms with van der Waals surface area (Å²) in [7, 11) is -2.92. The van der Waals surface area contributed by atoms with E-state index in [1.807, 2.05) is 6.07 Å². The fourth-order valence-electron chi connectivity index (χ4n) is 1.28. The molecule has 17 heavy (non-hydrogen) atoms. The largest absolute Gasteiger partial charge is 0.384 e. The molecule has 0 saturated heterocycles. The molecule has 0 atom stereocenters. The zero-order valence-corrected chi connectivity index (χ0v) is 11.0. The van der Waals surface area contributed by atoms with Crippen molar-refractivity contribution in [3.8, 4) is 0 Å². The summed E-state index contributed by atoms with van der Waals surface area (Å²) in [4.78, 5) is 4.08. The Labute approximate surface area is 103 Å². The highest BCUT2D eigenvalue weighted by Gasteiger charge is 2.01. The van der Waals surface area contributed by atoms with Gasteiger partial charge in [-0.15, -0.1) is 0 Å². The van der Waals surface area contributed by atoms with E-state index in [-0.39, 0.29) is 5.75 Å². The average Bonchev–Trinajstić information content (AvgIpc) is 2.25. The maximum atomic E-state index is 11.0. The van der Waals surface area contributed by atoms with Crippen molar-refractivity contribution in [1.82, 2.24) is 4.98 Å². The third-order valence-corrected chi connectivity index (χ3v) is 3.07. The minimum Gasteiger partial charge on any atom is -0.384 e. The Morgan fingerprint density at radius 2 is 1.76 bits per heavy atom.